The fraction of sp³-hybridized carbons (Fsp3) is 0.700. The summed E-state index contributed by atoms with van der Waals surface area (Å²) in [5.41, 5.74) is 1.94. The van der Waals surface area contributed by atoms with E-state index in [-0.39, 0.29) is 0 Å². The zero-order valence-corrected chi connectivity index (χ0v) is 16.4. The molecule has 1 saturated heterocycles. The average Bonchev–Trinajstić information content (AvgIpc) is 2.60. The lowest BCUT2D eigenvalue weighted by molar-refractivity contribution is -0.192. The Morgan fingerprint density at radius 3 is 2.43 bits per heavy atom. The lowest BCUT2D eigenvalue weighted by atomic mass is 9.61. The Morgan fingerprint density at radius 1 is 1.36 bits per heavy atom. The molecule has 0 aromatic carbocycles. The van der Waals surface area contributed by atoms with Crippen LogP contribution in [0.1, 0.15) is 45.1 Å². The fourth-order valence-corrected chi connectivity index (χ4v) is 3.70. The molecule has 1 aliphatic carbocycles. The number of halogens is 3. The van der Waals surface area contributed by atoms with E-state index in [1.807, 2.05) is 18.5 Å². The standard InChI is InChI=1S/C18H28N2O.C2HF3O2/c1-15(2)14-21-17-10-18(11-17)5-8-20(9-6-18)13-16-4-3-7-19-12-16;3-2(4,5)1(6)7/h3-4,7,12,15,17H,5-6,8-11,13-14H2,1-2H3;(H,6,7). The lowest BCUT2D eigenvalue weighted by Crippen LogP contribution is -2.49. The van der Waals surface area contributed by atoms with Gasteiger partial charge in [-0.25, -0.2) is 4.79 Å². The molecular weight excluding hydrogens is 373 g/mol. The zero-order chi connectivity index (χ0) is 20.8. The normalized spacial score (nSPS) is 19.8. The van der Waals surface area contributed by atoms with Crippen LogP contribution in [-0.2, 0) is 16.1 Å². The van der Waals surface area contributed by atoms with Crippen LogP contribution in [0.4, 0.5) is 13.2 Å². The molecule has 8 heteroatoms. The highest BCUT2D eigenvalue weighted by molar-refractivity contribution is 5.73. The van der Waals surface area contributed by atoms with Crippen LogP contribution >= 0.6 is 0 Å². The maximum absolute atomic E-state index is 10.6. The summed E-state index contributed by atoms with van der Waals surface area (Å²) in [7, 11) is 0. The highest BCUT2D eigenvalue weighted by Crippen LogP contribution is 2.50. The predicted molar refractivity (Wildman–Crippen MR) is 98.7 cm³/mol. The molecule has 2 aliphatic rings. The molecule has 0 bridgehead atoms. The molecule has 2 heterocycles. The van der Waals surface area contributed by atoms with Gasteiger partial charge in [-0.3, -0.25) is 9.88 Å². The van der Waals surface area contributed by atoms with E-state index in [1.165, 1.54) is 44.3 Å². The van der Waals surface area contributed by atoms with Gasteiger partial charge in [0.25, 0.3) is 0 Å². The first-order chi connectivity index (χ1) is 13.1. The molecule has 1 N–H and O–H groups in total. The van der Waals surface area contributed by atoms with Gasteiger partial charge >= 0.3 is 12.1 Å². The number of pyridine rings is 1. The van der Waals surface area contributed by atoms with Crippen LogP contribution in [-0.4, -0.2) is 52.9 Å². The molecule has 2 fully saturated rings. The number of hydrogen-bond acceptors (Lipinski definition) is 4. The molecule has 1 spiro atoms. The average molecular weight is 402 g/mol. The third-order valence-electron chi connectivity index (χ3n) is 5.27. The SMILES string of the molecule is CC(C)COC1CC2(CCN(Cc3cccnc3)CC2)C1.O=C(O)C(F)(F)F. The number of carboxylic acid groups (broad SMARTS) is 1. The summed E-state index contributed by atoms with van der Waals surface area (Å²) in [5.74, 6) is -2.10. The molecule has 158 valence electrons. The first-order valence-corrected chi connectivity index (χ1v) is 9.63. The highest BCUT2D eigenvalue weighted by atomic mass is 19.4. The second-order valence-corrected chi connectivity index (χ2v) is 8.20. The first kappa shape index (κ1) is 22.6. The Morgan fingerprint density at radius 2 is 1.96 bits per heavy atom. The van der Waals surface area contributed by atoms with E-state index in [2.05, 4.69) is 29.8 Å². The molecule has 5 nitrogen and oxygen atoms in total. The van der Waals surface area contributed by atoms with Crippen molar-refractivity contribution in [1.29, 1.82) is 0 Å². The van der Waals surface area contributed by atoms with Gasteiger partial charge in [0, 0.05) is 25.5 Å². The van der Waals surface area contributed by atoms with E-state index >= 15 is 0 Å². The maximum Gasteiger partial charge on any atom is 0.490 e. The molecule has 0 amide bonds. The summed E-state index contributed by atoms with van der Waals surface area (Å²) in [6.07, 6.45) is 4.56. The van der Waals surface area contributed by atoms with E-state index in [9.17, 15) is 13.2 Å². The number of aliphatic carboxylic acids is 1. The van der Waals surface area contributed by atoms with Crippen molar-refractivity contribution < 1.29 is 27.8 Å². The molecule has 0 atom stereocenters. The minimum atomic E-state index is -5.08. The topological polar surface area (TPSA) is 62.7 Å². The van der Waals surface area contributed by atoms with Gasteiger partial charge in [-0.05, 0) is 61.7 Å². The minimum Gasteiger partial charge on any atom is -0.475 e. The van der Waals surface area contributed by atoms with Crippen molar-refractivity contribution in [2.75, 3.05) is 19.7 Å². The Labute approximate surface area is 163 Å². The van der Waals surface area contributed by atoms with Crippen LogP contribution in [0.3, 0.4) is 0 Å². The minimum absolute atomic E-state index is 0.539. The smallest absolute Gasteiger partial charge is 0.475 e. The second-order valence-electron chi connectivity index (χ2n) is 8.20. The number of aromatic nitrogens is 1. The van der Waals surface area contributed by atoms with Crippen molar-refractivity contribution in [2.24, 2.45) is 11.3 Å². The van der Waals surface area contributed by atoms with Crippen LogP contribution in [0.5, 0.6) is 0 Å². The van der Waals surface area contributed by atoms with Crippen LogP contribution in [0.25, 0.3) is 0 Å². The number of ether oxygens (including phenoxy) is 1. The Hall–Kier alpha value is -1.67. The number of alkyl halides is 3. The number of carbonyl (C=O) groups is 1. The van der Waals surface area contributed by atoms with Gasteiger partial charge in [0.1, 0.15) is 0 Å². The van der Waals surface area contributed by atoms with Gasteiger partial charge in [0.2, 0.25) is 0 Å². The van der Waals surface area contributed by atoms with Crippen LogP contribution < -0.4 is 0 Å². The molecule has 28 heavy (non-hydrogen) atoms. The number of piperidine rings is 1. The van der Waals surface area contributed by atoms with Gasteiger partial charge in [-0.15, -0.1) is 0 Å². The monoisotopic (exact) mass is 402 g/mol. The quantitative estimate of drug-likeness (QED) is 0.802. The molecule has 0 radical (unpaired) electrons. The largest absolute Gasteiger partial charge is 0.490 e. The van der Waals surface area contributed by atoms with Gasteiger partial charge in [0.15, 0.2) is 0 Å². The summed E-state index contributed by atoms with van der Waals surface area (Å²) in [4.78, 5) is 15.7. The van der Waals surface area contributed by atoms with E-state index in [0.717, 1.165) is 13.2 Å². The van der Waals surface area contributed by atoms with E-state index in [4.69, 9.17) is 14.6 Å². The van der Waals surface area contributed by atoms with Crippen LogP contribution in [0.15, 0.2) is 24.5 Å². The van der Waals surface area contributed by atoms with Gasteiger partial charge in [-0.2, -0.15) is 13.2 Å². The number of nitrogens with zero attached hydrogens (tertiary/aromatic N) is 2. The van der Waals surface area contributed by atoms with Crippen molar-refractivity contribution in [3.63, 3.8) is 0 Å². The second kappa shape index (κ2) is 9.69. The molecular formula is C20H29F3N2O3. The summed E-state index contributed by atoms with van der Waals surface area (Å²) >= 11 is 0. The number of carboxylic acids is 1. The van der Waals surface area contributed by atoms with Crippen LogP contribution in [0, 0.1) is 11.3 Å². The molecule has 1 aliphatic heterocycles. The Kier molecular flexibility index (Phi) is 7.83. The summed E-state index contributed by atoms with van der Waals surface area (Å²) in [6.45, 7) is 8.89. The number of rotatable bonds is 5. The van der Waals surface area contributed by atoms with Gasteiger partial charge in [0.05, 0.1) is 6.10 Å². The van der Waals surface area contributed by atoms with Crippen molar-refractivity contribution >= 4 is 5.97 Å². The maximum atomic E-state index is 10.6. The molecule has 3 rings (SSSR count). The highest BCUT2D eigenvalue weighted by Gasteiger charge is 2.46. The fourth-order valence-electron chi connectivity index (χ4n) is 3.70. The van der Waals surface area contributed by atoms with Gasteiger partial charge < -0.3 is 9.84 Å². The van der Waals surface area contributed by atoms with E-state index in [1.54, 1.807) is 0 Å². The zero-order valence-electron chi connectivity index (χ0n) is 16.4. The number of hydrogen-bond donors (Lipinski definition) is 1. The summed E-state index contributed by atoms with van der Waals surface area (Å²) in [5, 5.41) is 7.12. The van der Waals surface area contributed by atoms with Crippen molar-refractivity contribution in [2.45, 2.75) is 58.4 Å². The van der Waals surface area contributed by atoms with Crippen molar-refractivity contribution in [3.05, 3.63) is 30.1 Å². The van der Waals surface area contributed by atoms with Crippen LogP contribution in [0.2, 0.25) is 0 Å². The van der Waals surface area contributed by atoms with E-state index in [0.29, 0.717) is 17.4 Å². The Balaban J connectivity index is 0.000000345. The number of likely N-dealkylation sites (tertiary alicyclic amines) is 1. The first-order valence-electron chi connectivity index (χ1n) is 9.63. The third kappa shape index (κ3) is 7.05. The third-order valence-corrected chi connectivity index (χ3v) is 5.27. The van der Waals surface area contributed by atoms with E-state index < -0.39 is 12.1 Å². The lowest BCUT2D eigenvalue weighted by Gasteiger charge is -2.52. The van der Waals surface area contributed by atoms with Crippen molar-refractivity contribution in [3.8, 4) is 0 Å². The Bertz CT molecular complexity index is 607. The summed E-state index contributed by atoms with van der Waals surface area (Å²) in [6, 6.07) is 4.21. The molecule has 1 saturated carbocycles. The van der Waals surface area contributed by atoms with Crippen molar-refractivity contribution in [1.82, 2.24) is 9.88 Å². The molecule has 1 aromatic rings. The van der Waals surface area contributed by atoms with Gasteiger partial charge in [-0.1, -0.05) is 19.9 Å². The molecule has 1 aromatic heterocycles. The predicted octanol–water partition coefficient (Wildman–Crippen LogP) is 4.13. The molecule has 0 unspecified atom stereocenters. The summed E-state index contributed by atoms with van der Waals surface area (Å²) < 4.78 is 37.7.